The molecule has 0 spiro atoms. The van der Waals surface area contributed by atoms with E-state index in [1.807, 2.05) is 7.05 Å². The van der Waals surface area contributed by atoms with Crippen LogP contribution >= 0.6 is 0 Å². The first-order valence-corrected chi connectivity index (χ1v) is 3.64. The molecule has 0 aromatic rings. The first kappa shape index (κ1) is 7.54. The summed E-state index contributed by atoms with van der Waals surface area (Å²) in [5.41, 5.74) is 0. The van der Waals surface area contributed by atoms with Gasteiger partial charge in [-0.05, 0) is 13.3 Å². The number of carbonyl (C=O) groups is 1. The second-order valence-electron chi connectivity index (χ2n) is 2.97. The summed E-state index contributed by atoms with van der Waals surface area (Å²) in [5.74, 6) is 0. The SMILES string of the molecule is CC1CC(N(C)C=O)CN1. The van der Waals surface area contributed by atoms with Crippen molar-refractivity contribution in [1.29, 1.82) is 0 Å². The van der Waals surface area contributed by atoms with E-state index in [-0.39, 0.29) is 0 Å². The van der Waals surface area contributed by atoms with Gasteiger partial charge in [-0.2, -0.15) is 0 Å². The van der Waals surface area contributed by atoms with Gasteiger partial charge in [-0.15, -0.1) is 0 Å². The van der Waals surface area contributed by atoms with Gasteiger partial charge < -0.3 is 10.2 Å². The van der Waals surface area contributed by atoms with Crippen LogP contribution in [0, 0.1) is 0 Å². The predicted molar refractivity (Wildman–Crippen MR) is 39.7 cm³/mol. The Morgan fingerprint density at radius 3 is 2.80 bits per heavy atom. The molecule has 3 heteroatoms. The third kappa shape index (κ3) is 1.48. The molecular formula is C7H14N2O. The monoisotopic (exact) mass is 142 g/mol. The van der Waals surface area contributed by atoms with Gasteiger partial charge in [0.1, 0.15) is 0 Å². The quantitative estimate of drug-likeness (QED) is 0.543. The Hall–Kier alpha value is -0.570. The largest absolute Gasteiger partial charge is 0.344 e. The summed E-state index contributed by atoms with van der Waals surface area (Å²) in [6, 6.07) is 0.972. The first-order chi connectivity index (χ1) is 4.74. The van der Waals surface area contributed by atoms with Gasteiger partial charge in [-0.1, -0.05) is 0 Å². The molecule has 2 atom stereocenters. The van der Waals surface area contributed by atoms with E-state index in [4.69, 9.17) is 0 Å². The van der Waals surface area contributed by atoms with Gasteiger partial charge in [0.2, 0.25) is 6.41 Å². The molecule has 0 saturated carbocycles. The van der Waals surface area contributed by atoms with Crippen LogP contribution in [0.1, 0.15) is 13.3 Å². The highest BCUT2D eigenvalue weighted by Crippen LogP contribution is 2.09. The Kier molecular flexibility index (Phi) is 2.27. The molecule has 1 aliphatic rings. The normalized spacial score (nSPS) is 32.2. The first-order valence-electron chi connectivity index (χ1n) is 3.64. The zero-order chi connectivity index (χ0) is 7.56. The van der Waals surface area contributed by atoms with Crippen LogP contribution in [-0.2, 0) is 4.79 Å². The summed E-state index contributed by atoms with van der Waals surface area (Å²) in [6.45, 7) is 3.08. The Bertz CT molecular complexity index is 127. The number of nitrogens with zero attached hydrogens (tertiary/aromatic N) is 1. The number of carbonyl (C=O) groups excluding carboxylic acids is 1. The highest BCUT2D eigenvalue weighted by atomic mass is 16.1. The molecule has 1 heterocycles. The number of hydrogen-bond donors (Lipinski definition) is 1. The number of hydrogen-bond acceptors (Lipinski definition) is 2. The molecule has 1 saturated heterocycles. The molecule has 0 aliphatic carbocycles. The lowest BCUT2D eigenvalue weighted by Gasteiger charge is -2.17. The molecule has 1 N–H and O–H groups in total. The number of amides is 1. The van der Waals surface area contributed by atoms with Crippen LogP contribution < -0.4 is 5.32 Å². The van der Waals surface area contributed by atoms with E-state index in [9.17, 15) is 4.79 Å². The van der Waals surface area contributed by atoms with Gasteiger partial charge in [0.15, 0.2) is 0 Å². The van der Waals surface area contributed by atoms with Crippen molar-refractivity contribution in [3.63, 3.8) is 0 Å². The van der Waals surface area contributed by atoms with Crippen molar-refractivity contribution >= 4 is 6.41 Å². The molecule has 58 valence electrons. The molecule has 10 heavy (non-hydrogen) atoms. The Labute approximate surface area is 61.4 Å². The second kappa shape index (κ2) is 3.01. The molecule has 0 aromatic heterocycles. The highest BCUT2D eigenvalue weighted by molar-refractivity contribution is 5.47. The predicted octanol–water partition coefficient (Wildman–Crippen LogP) is -0.175. The fourth-order valence-corrected chi connectivity index (χ4v) is 1.31. The Morgan fingerprint density at radius 1 is 1.70 bits per heavy atom. The van der Waals surface area contributed by atoms with E-state index >= 15 is 0 Å². The van der Waals surface area contributed by atoms with E-state index in [0.29, 0.717) is 12.1 Å². The Balaban J connectivity index is 2.36. The third-order valence-corrected chi connectivity index (χ3v) is 2.07. The van der Waals surface area contributed by atoms with Crippen LogP contribution in [0.2, 0.25) is 0 Å². The van der Waals surface area contributed by atoms with Crippen molar-refractivity contribution in [1.82, 2.24) is 10.2 Å². The van der Waals surface area contributed by atoms with Gasteiger partial charge in [0.05, 0.1) is 0 Å². The second-order valence-corrected chi connectivity index (χ2v) is 2.97. The lowest BCUT2D eigenvalue weighted by Crippen LogP contribution is -2.31. The van der Waals surface area contributed by atoms with E-state index < -0.39 is 0 Å². The number of rotatable bonds is 2. The molecule has 1 amide bonds. The number of likely N-dealkylation sites (N-methyl/N-ethyl adjacent to an activating group) is 1. The standard InChI is InChI=1S/C7H14N2O/c1-6-3-7(4-8-6)9(2)5-10/h5-8H,3-4H2,1-2H3. The van der Waals surface area contributed by atoms with E-state index in [0.717, 1.165) is 19.4 Å². The lowest BCUT2D eigenvalue weighted by atomic mass is 10.2. The van der Waals surface area contributed by atoms with Gasteiger partial charge in [-0.3, -0.25) is 4.79 Å². The van der Waals surface area contributed by atoms with Crippen LogP contribution in [0.3, 0.4) is 0 Å². The number of nitrogens with one attached hydrogen (secondary N) is 1. The van der Waals surface area contributed by atoms with Crippen LogP contribution in [0.4, 0.5) is 0 Å². The molecule has 1 aliphatic heterocycles. The maximum atomic E-state index is 10.3. The van der Waals surface area contributed by atoms with Crippen molar-refractivity contribution in [2.24, 2.45) is 0 Å². The van der Waals surface area contributed by atoms with Crippen LogP contribution in [0.25, 0.3) is 0 Å². The Morgan fingerprint density at radius 2 is 2.40 bits per heavy atom. The van der Waals surface area contributed by atoms with Gasteiger partial charge in [0, 0.05) is 25.7 Å². The molecule has 0 bridgehead atoms. The van der Waals surface area contributed by atoms with Crippen molar-refractivity contribution in [3.05, 3.63) is 0 Å². The third-order valence-electron chi connectivity index (χ3n) is 2.07. The van der Waals surface area contributed by atoms with Gasteiger partial charge in [-0.25, -0.2) is 0 Å². The molecule has 2 unspecified atom stereocenters. The maximum absolute atomic E-state index is 10.3. The smallest absolute Gasteiger partial charge is 0.209 e. The summed E-state index contributed by atoms with van der Waals surface area (Å²) >= 11 is 0. The average Bonchev–Trinajstić information content (AvgIpc) is 2.34. The summed E-state index contributed by atoms with van der Waals surface area (Å²) in [6.07, 6.45) is 1.97. The molecule has 0 aromatic carbocycles. The summed E-state index contributed by atoms with van der Waals surface area (Å²) in [4.78, 5) is 12.0. The van der Waals surface area contributed by atoms with Crippen LogP contribution in [0.15, 0.2) is 0 Å². The maximum Gasteiger partial charge on any atom is 0.209 e. The molecular weight excluding hydrogens is 128 g/mol. The minimum atomic E-state index is 0.410. The molecule has 1 rings (SSSR count). The minimum absolute atomic E-state index is 0.410. The zero-order valence-corrected chi connectivity index (χ0v) is 6.50. The van der Waals surface area contributed by atoms with Crippen molar-refractivity contribution in [2.45, 2.75) is 25.4 Å². The fraction of sp³-hybridized carbons (Fsp3) is 0.857. The van der Waals surface area contributed by atoms with E-state index in [1.54, 1.807) is 4.90 Å². The molecule has 0 radical (unpaired) electrons. The van der Waals surface area contributed by atoms with Crippen molar-refractivity contribution < 1.29 is 4.79 Å². The summed E-state index contributed by atoms with van der Waals surface area (Å²) < 4.78 is 0. The van der Waals surface area contributed by atoms with Gasteiger partial charge in [0.25, 0.3) is 0 Å². The van der Waals surface area contributed by atoms with Crippen LogP contribution in [0.5, 0.6) is 0 Å². The average molecular weight is 142 g/mol. The van der Waals surface area contributed by atoms with E-state index in [2.05, 4.69) is 12.2 Å². The van der Waals surface area contributed by atoms with Crippen molar-refractivity contribution in [2.75, 3.05) is 13.6 Å². The van der Waals surface area contributed by atoms with Crippen LogP contribution in [-0.4, -0.2) is 37.0 Å². The fourth-order valence-electron chi connectivity index (χ4n) is 1.31. The topological polar surface area (TPSA) is 32.3 Å². The zero-order valence-electron chi connectivity index (χ0n) is 6.50. The lowest BCUT2D eigenvalue weighted by molar-refractivity contribution is -0.118. The van der Waals surface area contributed by atoms with Gasteiger partial charge >= 0.3 is 0 Å². The van der Waals surface area contributed by atoms with Crippen molar-refractivity contribution in [3.8, 4) is 0 Å². The van der Waals surface area contributed by atoms with E-state index in [1.165, 1.54) is 0 Å². The summed E-state index contributed by atoms with van der Waals surface area (Å²) in [7, 11) is 1.83. The molecule has 1 fully saturated rings. The molecule has 3 nitrogen and oxygen atoms in total. The minimum Gasteiger partial charge on any atom is -0.344 e. The summed E-state index contributed by atoms with van der Waals surface area (Å²) in [5, 5.41) is 3.28. The highest BCUT2D eigenvalue weighted by Gasteiger charge is 2.22.